The van der Waals surface area contributed by atoms with E-state index in [1.54, 1.807) is 6.07 Å². The average molecular weight is 298 g/mol. The van der Waals surface area contributed by atoms with E-state index in [2.05, 4.69) is 5.32 Å². The van der Waals surface area contributed by atoms with Crippen molar-refractivity contribution in [3.8, 4) is 11.5 Å². The maximum atomic E-state index is 12.2. The predicted molar refractivity (Wildman–Crippen MR) is 89.0 cm³/mol. The number of hydrogen-bond acceptors (Lipinski definition) is 3. The lowest BCUT2D eigenvalue weighted by Crippen LogP contribution is -2.36. The fourth-order valence-corrected chi connectivity index (χ4v) is 2.11. The van der Waals surface area contributed by atoms with E-state index in [-0.39, 0.29) is 5.91 Å². The van der Waals surface area contributed by atoms with Gasteiger partial charge in [0.15, 0.2) is 5.75 Å². The van der Waals surface area contributed by atoms with Gasteiger partial charge in [0.05, 0.1) is 11.7 Å². The monoisotopic (exact) mass is 298 g/mol. The number of nitrogens with one attached hydrogen (secondary N) is 1. The molecule has 0 aliphatic rings. The summed E-state index contributed by atoms with van der Waals surface area (Å²) < 4.78 is 5.82. The number of ether oxygens (including phenoxy) is 1. The first-order valence-corrected chi connectivity index (χ1v) is 7.44. The van der Waals surface area contributed by atoms with E-state index in [1.807, 2.05) is 62.4 Å². The second kappa shape index (κ2) is 7.61. The number of nitrogens with two attached hydrogens (primary N) is 1. The maximum Gasteiger partial charge on any atom is 0.241 e. The summed E-state index contributed by atoms with van der Waals surface area (Å²) in [6, 6.07) is 16.3. The highest BCUT2D eigenvalue weighted by Crippen LogP contribution is 2.29. The molecule has 2 aromatic rings. The van der Waals surface area contributed by atoms with Gasteiger partial charge >= 0.3 is 0 Å². The van der Waals surface area contributed by atoms with Crippen LogP contribution in [0, 0.1) is 5.92 Å². The van der Waals surface area contributed by atoms with Gasteiger partial charge in [-0.25, -0.2) is 0 Å². The Morgan fingerprint density at radius 1 is 1.09 bits per heavy atom. The number of amides is 1. The van der Waals surface area contributed by atoms with Gasteiger partial charge in [0.1, 0.15) is 5.75 Å². The molecule has 0 saturated heterocycles. The quantitative estimate of drug-likeness (QED) is 0.852. The van der Waals surface area contributed by atoms with Crippen LogP contribution in [-0.2, 0) is 4.79 Å². The maximum absolute atomic E-state index is 12.2. The van der Waals surface area contributed by atoms with Crippen molar-refractivity contribution in [3.63, 3.8) is 0 Å². The van der Waals surface area contributed by atoms with Crippen molar-refractivity contribution in [3.05, 3.63) is 54.6 Å². The zero-order valence-electron chi connectivity index (χ0n) is 13.0. The van der Waals surface area contributed by atoms with E-state index in [1.165, 1.54) is 0 Å². The first-order chi connectivity index (χ1) is 10.6. The number of anilines is 1. The van der Waals surface area contributed by atoms with Crippen LogP contribution < -0.4 is 15.8 Å². The Hall–Kier alpha value is -2.33. The third-order valence-electron chi connectivity index (χ3n) is 3.18. The number of para-hydroxylation sites is 3. The number of carbonyl (C=O) groups excluding carboxylic acids is 1. The van der Waals surface area contributed by atoms with Crippen LogP contribution in [-0.4, -0.2) is 11.9 Å². The molecule has 2 rings (SSSR count). The van der Waals surface area contributed by atoms with E-state index in [0.717, 1.165) is 5.75 Å². The molecule has 0 radical (unpaired) electrons. The molecule has 0 unspecified atom stereocenters. The Labute approximate surface area is 131 Å². The molecular weight excluding hydrogens is 276 g/mol. The Bertz CT molecular complexity index is 611. The molecule has 4 nitrogen and oxygen atoms in total. The molecule has 0 aliphatic heterocycles. The van der Waals surface area contributed by atoms with Gasteiger partial charge in [-0.1, -0.05) is 44.2 Å². The highest BCUT2D eigenvalue weighted by atomic mass is 16.5. The molecule has 1 amide bonds. The van der Waals surface area contributed by atoms with E-state index in [4.69, 9.17) is 10.5 Å². The molecule has 22 heavy (non-hydrogen) atoms. The lowest BCUT2D eigenvalue weighted by Gasteiger charge is -2.16. The Balaban J connectivity index is 2.10. The number of benzene rings is 2. The molecule has 0 bridgehead atoms. The number of rotatable bonds is 6. The molecule has 116 valence electrons. The van der Waals surface area contributed by atoms with Crippen LogP contribution in [0.4, 0.5) is 5.69 Å². The summed E-state index contributed by atoms with van der Waals surface area (Å²) in [7, 11) is 0. The van der Waals surface area contributed by atoms with Crippen molar-refractivity contribution in [2.45, 2.75) is 26.3 Å². The van der Waals surface area contributed by atoms with Gasteiger partial charge in [-0.05, 0) is 36.6 Å². The zero-order chi connectivity index (χ0) is 15.9. The molecule has 0 heterocycles. The standard InChI is InChI=1S/C18H22N2O2/c1-13(2)12-15(19)18(21)20-16-10-6-7-11-17(16)22-14-8-4-3-5-9-14/h3-11,13,15H,12,19H2,1-2H3,(H,20,21)/t15-/m0/s1. The van der Waals surface area contributed by atoms with Gasteiger partial charge in [-0.15, -0.1) is 0 Å². The highest BCUT2D eigenvalue weighted by Gasteiger charge is 2.16. The number of hydrogen-bond donors (Lipinski definition) is 2. The molecule has 0 fully saturated rings. The summed E-state index contributed by atoms with van der Waals surface area (Å²) in [4.78, 5) is 12.2. The SMILES string of the molecule is CC(C)C[C@H](N)C(=O)Nc1ccccc1Oc1ccccc1. The third kappa shape index (κ3) is 4.60. The van der Waals surface area contributed by atoms with Crippen LogP contribution in [0.25, 0.3) is 0 Å². The Morgan fingerprint density at radius 3 is 2.41 bits per heavy atom. The normalized spacial score (nSPS) is 12.0. The average Bonchev–Trinajstić information content (AvgIpc) is 2.49. The smallest absolute Gasteiger partial charge is 0.241 e. The summed E-state index contributed by atoms with van der Waals surface area (Å²) in [6.07, 6.45) is 0.646. The van der Waals surface area contributed by atoms with Gasteiger partial charge in [-0.3, -0.25) is 4.79 Å². The first-order valence-electron chi connectivity index (χ1n) is 7.44. The van der Waals surface area contributed by atoms with E-state index in [0.29, 0.717) is 23.8 Å². The summed E-state index contributed by atoms with van der Waals surface area (Å²) in [6.45, 7) is 4.08. The molecule has 1 atom stereocenters. The molecule has 0 saturated carbocycles. The van der Waals surface area contributed by atoms with Crippen LogP contribution in [0.1, 0.15) is 20.3 Å². The van der Waals surface area contributed by atoms with Crippen LogP contribution in [0.3, 0.4) is 0 Å². The van der Waals surface area contributed by atoms with Crippen molar-refractivity contribution in [2.24, 2.45) is 11.7 Å². The summed E-state index contributed by atoms with van der Waals surface area (Å²) in [5.74, 6) is 1.49. The lowest BCUT2D eigenvalue weighted by molar-refractivity contribution is -0.117. The predicted octanol–water partition coefficient (Wildman–Crippen LogP) is 3.79. The summed E-state index contributed by atoms with van der Waals surface area (Å²) in [5.41, 5.74) is 6.54. The van der Waals surface area contributed by atoms with Crippen LogP contribution in [0.2, 0.25) is 0 Å². The molecule has 0 aliphatic carbocycles. The van der Waals surface area contributed by atoms with Crippen LogP contribution in [0.5, 0.6) is 11.5 Å². The van der Waals surface area contributed by atoms with Crippen molar-refractivity contribution in [1.29, 1.82) is 0 Å². The van der Waals surface area contributed by atoms with Gasteiger partial charge in [0, 0.05) is 0 Å². The van der Waals surface area contributed by atoms with Crippen molar-refractivity contribution < 1.29 is 9.53 Å². The molecule has 4 heteroatoms. The fraction of sp³-hybridized carbons (Fsp3) is 0.278. The molecule has 0 spiro atoms. The Morgan fingerprint density at radius 2 is 1.73 bits per heavy atom. The molecular formula is C18H22N2O2. The number of carbonyl (C=O) groups is 1. The summed E-state index contributed by atoms with van der Waals surface area (Å²) in [5, 5.41) is 2.85. The van der Waals surface area contributed by atoms with Crippen molar-refractivity contribution >= 4 is 11.6 Å². The second-order valence-electron chi connectivity index (χ2n) is 5.64. The van der Waals surface area contributed by atoms with Crippen LogP contribution >= 0.6 is 0 Å². The second-order valence-corrected chi connectivity index (χ2v) is 5.64. The molecule has 3 N–H and O–H groups in total. The van der Waals surface area contributed by atoms with Gasteiger partial charge in [0.25, 0.3) is 0 Å². The minimum atomic E-state index is -0.523. The summed E-state index contributed by atoms with van der Waals surface area (Å²) >= 11 is 0. The first kappa shape index (κ1) is 16.0. The zero-order valence-corrected chi connectivity index (χ0v) is 13.0. The van der Waals surface area contributed by atoms with Crippen molar-refractivity contribution in [1.82, 2.24) is 0 Å². The molecule has 0 aromatic heterocycles. The van der Waals surface area contributed by atoms with E-state index < -0.39 is 6.04 Å². The van der Waals surface area contributed by atoms with Crippen LogP contribution in [0.15, 0.2) is 54.6 Å². The minimum Gasteiger partial charge on any atom is -0.455 e. The fourth-order valence-electron chi connectivity index (χ4n) is 2.11. The van der Waals surface area contributed by atoms with Gasteiger partial charge < -0.3 is 15.8 Å². The lowest BCUT2D eigenvalue weighted by atomic mass is 10.0. The highest BCUT2D eigenvalue weighted by molar-refractivity contribution is 5.95. The van der Waals surface area contributed by atoms with E-state index in [9.17, 15) is 4.79 Å². The van der Waals surface area contributed by atoms with Crippen molar-refractivity contribution in [2.75, 3.05) is 5.32 Å². The molecule has 2 aromatic carbocycles. The minimum absolute atomic E-state index is 0.196. The van der Waals surface area contributed by atoms with E-state index >= 15 is 0 Å². The Kier molecular flexibility index (Phi) is 5.55. The third-order valence-corrected chi connectivity index (χ3v) is 3.18. The largest absolute Gasteiger partial charge is 0.455 e. The van der Waals surface area contributed by atoms with Gasteiger partial charge in [-0.2, -0.15) is 0 Å². The van der Waals surface area contributed by atoms with Gasteiger partial charge in [0.2, 0.25) is 5.91 Å². The topological polar surface area (TPSA) is 64.4 Å².